The van der Waals surface area contributed by atoms with Gasteiger partial charge in [-0.3, -0.25) is 9.59 Å². The summed E-state index contributed by atoms with van der Waals surface area (Å²) in [4.78, 5) is 39.0. The van der Waals surface area contributed by atoms with Gasteiger partial charge in [-0.15, -0.1) is 0 Å². The molecule has 1 aliphatic rings. The fourth-order valence-corrected chi connectivity index (χ4v) is 4.87. The Morgan fingerprint density at radius 1 is 1.05 bits per heavy atom. The second-order valence-corrected chi connectivity index (χ2v) is 9.54. The highest BCUT2D eigenvalue weighted by Gasteiger charge is 2.26. The molecule has 37 heavy (non-hydrogen) atoms. The van der Waals surface area contributed by atoms with Gasteiger partial charge in [-0.05, 0) is 79.3 Å². The third-order valence-electron chi connectivity index (χ3n) is 6.72. The van der Waals surface area contributed by atoms with Crippen LogP contribution in [0.4, 0.5) is 10.1 Å². The number of carbonyl (C=O) groups excluding carboxylic acids is 3. The van der Waals surface area contributed by atoms with Crippen LogP contribution in [0.3, 0.4) is 0 Å². The zero-order chi connectivity index (χ0) is 26.5. The van der Waals surface area contributed by atoms with E-state index in [9.17, 15) is 18.8 Å². The summed E-state index contributed by atoms with van der Waals surface area (Å²) in [6.45, 7) is 3.07. The molecule has 0 saturated carbocycles. The van der Waals surface area contributed by atoms with Crippen molar-refractivity contribution in [1.82, 2.24) is 4.90 Å². The number of ether oxygens (including phenoxy) is 1. The van der Waals surface area contributed by atoms with E-state index in [-0.39, 0.29) is 28.8 Å². The normalized spacial score (nSPS) is 13.8. The molecule has 8 heteroatoms. The first-order chi connectivity index (χ1) is 17.8. The van der Waals surface area contributed by atoms with Crippen LogP contribution in [0.2, 0.25) is 5.02 Å². The van der Waals surface area contributed by atoms with E-state index in [0.29, 0.717) is 35.8 Å². The van der Waals surface area contributed by atoms with Gasteiger partial charge in [0.25, 0.3) is 5.91 Å². The van der Waals surface area contributed by atoms with Crippen LogP contribution >= 0.6 is 11.6 Å². The first kappa shape index (κ1) is 26.4. The van der Waals surface area contributed by atoms with Crippen LogP contribution in [0.5, 0.6) is 0 Å². The molecule has 0 radical (unpaired) electrons. The molecular weight excluding hydrogens is 495 g/mol. The number of anilines is 1. The molecule has 0 aliphatic carbocycles. The zero-order valence-electron chi connectivity index (χ0n) is 20.7. The number of piperidine rings is 1. The van der Waals surface area contributed by atoms with Gasteiger partial charge in [0.1, 0.15) is 5.82 Å². The molecule has 4 rings (SSSR count). The summed E-state index contributed by atoms with van der Waals surface area (Å²) < 4.78 is 18.7. The summed E-state index contributed by atoms with van der Waals surface area (Å²) in [6, 6.07) is 16.9. The Kier molecular flexibility index (Phi) is 8.24. The van der Waals surface area contributed by atoms with Crippen LogP contribution in [0.25, 0.3) is 0 Å². The average Bonchev–Trinajstić information content (AvgIpc) is 2.90. The van der Waals surface area contributed by atoms with Crippen molar-refractivity contribution >= 4 is 35.1 Å². The molecule has 1 N–H and O–H groups in total. The number of nitrogens with one attached hydrogen (secondary N) is 1. The number of rotatable bonds is 6. The smallest absolute Gasteiger partial charge is 0.337 e. The van der Waals surface area contributed by atoms with Crippen molar-refractivity contribution < 1.29 is 23.5 Å². The first-order valence-corrected chi connectivity index (χ1v) is 12.5. The van der Waals surface area contributed by atoms with Crippen molar-refractivity contribution in [3.8, 4) is 0 Å². The standard InChI is InChI=1S/C29H28ClFN2O4/c1-18-16-21(29(36)37-2)8-11-23(18)28(35)33-14-12-20(13-15-33)19-6-9-22(10-7-19)32-27(34)17-24-25(30)4-3-5-26(24)31/h3-11,16,20H,12-15,17H2,1-2H3,(H,32,34). The lowest BCUT2D eigenvalue weighted by molar-refractivity contribution is -0.115. The van der Waals surface area contributed by atoms with E-state index in [4.69, 9.17) is 16.3 Å². The van der Waals surface area contributed by atoms with E-state index in [2.05, 4.69) is 5.32 Å². The molecule has 0 atom stereocenters. The molecule has 1 aliphatic heterocycles. The summed E-state index contributed by atoms with van der Waals surface area (Å²) >= 11 is 6.02. The lowest BCUT2D eigenvalue weighted by atomic mass is 9.89. The second kappa shape index (κ2) is 11.6. The number of hydrogen-bond acceptors (Lipinski definition) is 4. The summed E-state index contributed by atoms with van der Waals surface area (Å²) in [5.74, 6) is -1.02. The Labute approximate surface area is 220 Å². The minimum Gasteiger partial charge on any atom is -0.465 e. The number of hydrogen-bond donors (Lipinski definition) is 1. The topological polar surface area (TPSA) is 75.7 Å². The molecule has 0 aromatic heterocycles. The number of amides is 2. The van der Waals surface area contributed by atoms with Gasteiger partial charge in [0.05, 0.1) is 19.1 Å². The van der Waals surface area contributed by atoms with Crippen LogP contribution in [-0.4, -0.2) is 42.9 Å². The molecule has 6 nitrogen and oxygen atoms in total. The summed E-state index contributed by atoms with van der Waals surface area (Å²) in [7, 11) is 1.33. The summed E-state index contributed by atoms with van der Waals surface area (Å²) in [6.07, 6.45) is 1.50. The van der Waals surface area contributed by atoms with Gasteiger partial charge in [0.15, 0.2) is 0 Å². The molecule has 1 fully saturated rings. The third-order valence-corrected chi connectivity index (χ3v) is 7.08. The highest BCUT2D eigenvalue weighted by molar-refractivity contribution is 6.31. The predicted octanol–water partition coefficient (Wildman–Crippen LogP) is 5.78. The van der Waals surface area contributed by atoms with Crippen molar-refractivity contribution in [3.05, 3.63) is 99.3 Å². The van der Waals surface area contributed by atoms with Crippen molar-refractivity contribution in [1.29, 1.82) is 0 Å². The number of nitrogens with zero attached hydrogens (tertiary/aromatic N) is 1. The Morgan fingerprint density at radius 2 is 1.76 bits per heavy atom. The van der Waals surface area contributed by atoms with Crippen LogP contribution in [0, 0.1) is 12.7 Å². The molecular formula is C29H28ClFN2O4. The number of esters is 1. The monoisotopic (exact) mass is 522 g/mol. The van der Waals surface area contributed by atoms with Crippen LogP contribution in [0.15, 0.2) is 60.7 Å². The van der Waals surface area contributed by atoms with Crippen molar-refractivity contribution in [2.45, 2.75) is 32.1 Å². The average molecular weight is 523 g/mol. The van der Waals surface area contributed by atoms with Crippen molar-refractivity contribution in [2.75, 3.05) is 25.5 Å². The molecule has 1 saturated heterocycles. The van der Waals surface area contributed by atoms with Gasteiger partial charge in [0.2, 0.25) is 5.91 Å². The second-order valence-electron chi connectivity index (χ2n) is 9.13. The largest absolute Gasteiger partial charge is 0.465 e. The quantitative estimate of drug-likeness (QED) is 0.417. The van der Waals surface area contributed by atoms with E-state index in [1.54, 1.807) is 24.3 Å². The SMILES string of the molecule is COC(=O)c1ccc(C(=O)N2CCC(c3ccc(NC(=O)Cc4c(F)cccc4Cl)cc3)CC2)c(C)c1. The minimum atomic E-state index is -0.504. The fourth-order valence-electron chi connectivity index (χ4n) is 4.64. The molecule has 0 unspecified atom stereocenters. The summed E-state index contributed by atoms with van der Waals surface area (Å²) in [5.41, 5.74) is 3.69. The lowest BCUT2D eigenvalue weighted by Crippen LogP contribution is -2.38. The number of benzene rings is 3. The number of aryl methyl sites for hydroxylation is 1. The van der Waals surface area contributed by atoms with Gasteiger partial charge >= 0.3 is 5.97 Å². The predicted molar refractivity (Wildman–Crippen MR) is 141 cm³/mol. The van der Waals surface area contributed by atoms with Crippen molar-refractivity contribution in [2.24, 2.45) is 0 Å². The van der Waals surface area contributed by atoms with Gasteiger partial charge < -0.3 is 15.0 Å². The van der Waals surface area contributed by atoms with Crippen LogP contribution < -0.4 is 5.32 Å². The van der Waals surface area contributed by atoms with E-state index in [1.807, 2.05) is 36.1 Å². The Bertz CT molecular complexity index is 1300. The summed E-state index contributed by atoms with van der Waals surface area (Å²) in [5, 5.41) is 3.01. The number of likely N-dealkylation sites (tertiary alicyclic amines) is 1. The van der Waals surface area contributed by atoms with Crippen LogP contribution in [0.1, 0.15) is 56.2 Å². The Morgan fingerprint density at radius 3 is 2.38 bits per heavy atom. The molecule has 0 spiro atoms. The Balaban J connectivity index is 1.32. The highest BCUT2D eigenvalue weighted by Crippen LogP contribution is 2.30. The third kappa shape index (κ3) is 6.17. The maximum Gasteiger partial charge on any atom is 0.337 e. The molecule has 192 valence electrons. The lowest BCUT2D eigenvalue weighted by Gasteiger charge is -2.32. The zero-order valence-corrected chi connectivity index (χ0v) is 21.5. The van der Waals surface area contributed by atoms with E-state index >= 15 is 0 Å². The molecule has 3 aromatic rings. The number of methoxy groups -OCH3 is 1. The number of halogens is 2. The molecule has 1 heterocycles. The number of carbonyl (C=O) groups is 3. The van der Waals surface area contributed by atoms with E-state index < -0.39 is 11.8 Å². The van der Waals surface area contributed by atoms with Gasteiger partial charge in [-0.1, -0.05) is 29.8 Å². The van der Waals surface area contributed by atoms with Gasteiger partial charge in [-0.25, -0.2) is 9.18 Å². The maximum absolute atomic E-state index is 14.0. The highest BCUT2D eigenvalue weighted by atomic mass is 35.5. The van der Waals surface area contributed by atoms with Gasteiger partial charge in [0, 0.05) is 34.9 Å². The molecule has 2 amide bonds. The van der Waals surface area contributed by atoms with Crippen molar-refractivity contribution in [3.63, 3.8) is 0 Å². The van der Waals surface area contributed by atoms with Crippen LogP contribution in [-0.2, 0) is 16.0 Å². The van der Waals surface area contributed by atoms with E-state index in [0.717, 1.165) is 24.0 Å². The van der Waals surface area contributed by atoms with Gasteiger partial charge in [-0.2, -0.15) is 0 Å². The first-order valence-electron chi connectivity index (χ1n) is 12.1. The van der Waals surface area contributed by atoms with E-state index in [1.165, 1.54) is 19.2 Å². The fraction of sp³-hybridized carbons (Fsp3) is 0.276. The maximum atomic E-state index is 14.0. The molecule has 3 aromatic carbocycles. The minimum absolute atomic E-state index is 0.0413. The Hall–Kier alpha value is -3.71. The molecule has 0 bridgehead atoms.